The van der Waals surface area contributed by atoms with Crippen molar-refractivity contribution in [3.63, 3.8) is 0 Å². The fourth-order valence-corrected chi connectivity index (χ4v) is 3.01. The zero-order valence-electron chi connectivity index (χ0n) is 12.0. The summed E-state index contributed by atoms with van der Waals surface area (Å²) in [4.78, 5) is 31.2. The Morgan fingerprint density at radius 3 is 2.18 bits per heavy atom. The summed E-state index contributed by atoms with van der Waals surface area (Å²) in [6.45, 7) is 2.22. The van der Waals surface area contributed by atoms with Gasteiger partial charge in [0.25, 0.3) is 11.8 Å². The number of carbonyl (C=O) groups excluding carboxylic acids is 2. The van der Waals surface area contributed by atoms with Crippen LogP contribution in [0, 0.1) is 0 Å². The molecule has 1 aromatic carbocycles. The van der Waals surface area contributed by atoms with Gasteiger partial charge in [0, 0.05) is 43.0 Å². The Bertz CT molecular complexity index is 676. The van der Waals surface area contributed by atoms with Gasteiger partial charge in [-0.25, -0.2) is 0 Å². The van der Waals surface area contributed by atoms with E-state index in [-0.39, 0.29) is 11.8 Å². The zero-order valence-corrected chi connectivity index (χ0v) is 13.5. The zero-order chi connectivity index (χ0) is 15.5. The molecule has 0 atom stereocenters. The van der Waals surface area contributed by atoms with Crippen LogP contribution in [0.1, 0.15) is 20.7 Å². The fraction of sp³-hybridized carbons (Fsp3) is 0.250. The third-order valence-corrected chi connectivity index (χ3v) is 4.49. The molecule has 1 aliphatic heterocycles. The second kappa shape index (κ2) is 6.36. The van der Waals surface area contributed by atoms with Gasteiger partial charge in [0.15, 0.2) is 0 Å². The maximum atomic E-state index is 12.5. The molecule has 2 aromatic rings. The maximum Gasteiger partial charge on any atom is 0.255 e. The molecule has 5 nitrogen and oxygen atoms in total. The van der Waals surface area contributed by atoms with E-state index in [1.54, 1.807) is 28.3 Å². The average molecular weight is 362 g/mol. The van der Waals surface area contributed by atoms with E-state index >= 15 is 0 Å². The summed E-state index contributed by atoms with van der Waals surface area (Å²) in [6.07, 6.45) is 3.43. The maximum absolute atomic E-state index is 12.5. The third-order valence-electron chi connectivity index (χ3n) is 3.80. The molecule has 0 bridgehead atoms. The summed E-state index contributed by atoms with van der Waals surface area (Å²) in [5, 5.41) is 0. The monoisotopic (exact) mass is 361 g/mol. The van der Waals surface area contributed by atoms with E-state index in [9.17, 15) is 9.59 Å². The molecule has 2 heterocycles. The van der Waals surface area contributed by atoms with Gasteiger partial charge in [0.05, 0.1) is 11.1 Å². The molecule has 22 heavy (non-hydrogen) atoms. The number of nitrogens with zero attached hydrogens (tertiary/aromatic N) is 2. The van der Waals surface area contributed by atoms with Gasteiger partial charge in [0.2, 0.25) is 0 Å². The van der Waals surface area contributed by atoms with Crippen molar-refractivity contribution in [3.05, 3.63) is 58.3 Å². The number of amides is 2. The van der Waals surface area contributed by atoms with E-state index < -0.39 is 0 Å². The minimum Gasteiger partial charge on any atom is -0.367 e. The number of hydrogen-bond donors (Lipinski definition) is 1. The summed E-state index contributed by atoms with van der Waals surface area (Å²) in [6, 6.07) is 9.17. The van der Waals surface area contributed by atoms with Crippen LogP contribution < -0.4 is 0 Å². The van der Waals surface area contributed by atoms with Gasteiger partial charge in [0.1, 0.15) is 0 Å². The smallest absolute Gasteiger partial charge is 0.255 e. The molecule has 1 fully saturated rings. The SMILES string of the molecule is O=C(c1cc[nH]c1)N1CCN(C(=O)c2ccccc2Br)CC1. The molecule has 0 aliphatic carbocycles. The predicted octanol–water partition coefficient (Wildman–Crippen LogP) is 2.38. The number of rotatable bonds is 2. The Morgan fingerprint density at radius 2 is 1.59 bits per heavy atom. The molecule has 1 aliphatic rings. The lowest BCUT2D eigenvalue weighted by atomic mass is 10.1. The van der Waals surface area contributed by atoms with Crippen molar-refractivity contribution in [1.82, 2.24) is 14.8 Å². The number of nitrogens with one attached hydrogen (secondary N) is 1. The van der Waals surface area contributed by atoms with Gasteiger partial charge >= 0.3 is 0 Å². The molecule has 2 amide bonds. The van der Waals surface area contributed by atoms with Gasteiger partial charge in [-0.15, -0.1) is 0 Å². The number of piperazine rings is 1. The Kier molecular flexibility index (Phi) is 4.29. The van der Waals surface area contributed by atoms with Crippen molar-refractivity contribution in [2.24, 2.45) is 0 Å². The van der Waals surface area contributed by atoms with Crippen LogP contribution in [0.2, 0.25) is 0 Å². The predicted molar refractivity (Wildman–Crippen MR) is 86.7 cm³/mol. The molecule has 1 N–H and O–H groups in total. The lowest BCUT2D eigenvalue weighted by Gasteiger charge is -2.34. The normalized spacial score (nSPS) is 15.0. The molecule has 1 aromatic heterocycles. The highest BCUT2D eigenvalue weighted by molar-refractivity contribution is 9.10. The van der Waals surface area contributed by atoms with Crippen LogP contribution >= 0.6 is 15.9 Å². The quantitative estimate of drug-likeness (QED) is 0.892. The first kappa shape index (κ1) is 14.8. The van der Waals surface area contributed by atoms with Crippen molar-refractivity contribution >= 4 is 27.7 Å². The highest BCUT2D eigenvalue weighted by Crippen LogP contribution is 2.19. The summed E-state index contributed by atoms with van der Waals surface area (Å²) in [5.41, 5.74) is 1.32. The number of halogens is 1. The number of benzene rings is 1. The summed E-state index contributed by atoms with van der Waals surface area (Å²) < 4.78 is 0.797. The Labute approximate surface area is 137 Å². The molecule has 0 unspecified atom stereocenters. The fourth-order valence-electron chi connectivity index (χ4n) is 2.56. The largest absolute Gasteiger partial charge is 0.367 e. The Morgan fingerprint density at radius 1 is 0.955 bits per heavy atom. The van der Waals surface area contributed by atoms with Crippen molar-refractivity contribution in [3.8, 4) is 0 Å². The highest BCUT2D eigenvalue weighted by Gasteiger charge is 2.26. The molecule has 0 radical (unpaired) electrons. The molecule has 1 saturated heterocycles. The van der Waals surface area contributed by atoms with Crippen LogP contribution in [0.4, 0.5) is 0 Å². The van der Waals surface area contributed by atoms with Crippen LogP contribution in [-0.2, 0) is 0 Å². The summed E-state index contributed by atoms with van der Waals surface area (Å²) >= 11 is 3.41. The number of carbonyl (C=O) groups is 2. The lowest BCUT2D eigenvalue weighted by Crippen LogP contribution is -2.50. The van der Waals surface area contributed by atoms with E-state index in [1.807, 2.05) is 24.3 Å². The average Bonchev–Trinajstić information content (AvgIpc) is 3.09. The molecule has 6 heteroatoms. The molecule has 0 spiro atoms. The number of hydrogen-bond acceptors (Lipinski definition) is 2. The molecule has 0 saturated carbocycles. The van der Waals surface area contributed by atoms with Crippen LogP contribution in [0.15, 0.2) is 47.2 Å². The minimum absolute atomic E-state index is 0.00113. The van der Waals surface area contributed by atoms with Crippen LogP contribution in [0.5, 0.6) is 0 Å². The van der Waals surface area contributed by atoms with Gasteiger partial charge in [-0.2, -0.15) is 0 Å². The van der Waals surface area contributed by atoms with E-state index in [4.69, 9.17) is 0 Å². The van der Waals surface area contributed by atoms with Crippen LogP contribution in [-0.4, -0.2) is 52.8 Å². The first-order valence-electron chi connectivity index (χ1n) is 7.12. The second-order valence-electron chi connectivity index (χ2n) is 5.16. The first-order chi connectivity index (χ1) is 10.7. The van der Waals surface area contributed by atoms with Gasteiger partial charge in [-0.1, -0.05) is 12.1 Å². The third kappa shape index (κ3) is 2.92. The van der Waals surface area contributed by atoms with Crippen molar-refractivity contribution < 1.29 is 9.59 Å². The van der Waals surface area contributed by atoms with Crippen molar-refractivity contribution in [2.75, 3.05) is 26.2 Å². The van der Waals surface area contributed by atoms with E-state index in [2.05, 4.69) is 20.9 Å². The van der Waals surface area contributed by atoms with E-state index in [1.165, 1.54) is 0 Å². The van der Waals surface area contributed by atoms with Gasteiger partial charge in [-0.3, -0.25) is 9.59 Å². The van der Waals surface area contributed by atoms with Crippen LogP contribution in [0.3, 0.4) is 0 Å². The standard InChI is InChI=1S/C16H16BrN3O2/c17-14-4-2-1-3-13(14)16(22)20-9-7-19(8-10-20)15(21)12-5-6-18-11-12/h1-6,11,18H,7-10H2. The summed E-state index contributed by atoms with van der Waals surface area (Å²) in [7, 11) is 0. The lowest BCUT2D eigenvalue weighted by molar-refractivity contribution is 0.0535. The first-order valence-corrected chi connectivity index (χ1v) is 7.92. The highest BCUT2D eigenvalue weighted by atomic mass is 79.9. The second-order valence-corrected chi connectivity index (χ2v) is 6.02. The number of H-pyrrole nitrogens is 1. The molecular weight excluding hydrogens is 346 g/mol. The van der Waals surface area contributed by atoms with E-state index in [0.717, 1.165) is 4.47 Å². The van der Waals surface area contributed by atoms with Gasteiger partial charge < -0.3 is 14.8 Å². The van der Waals surface area contributed by atoms with Gasteiger partial charge in [-0.05, 0) is 34.1 Å². The number of aromatic amines is 1. The molecule has 114 valence electrons. The summed E-state index contributed by atoms with van der Waals surface area (Å²) in [5.74, 6) is 0.00968. The van der Waals surface area contributed by atoms with Crippen molar-refractivity contribution in [2.45, 2.75) is 0 Å². The van der Waals surface area contributed by atoms with Crippen molar-refractivity contribution in [1.29, 1.82) is 0 Å². The Balaban J connectivity index is 1.63. The molecular formula is C16H16BrN3O2. The van der Waals surface area contributed by atoms with Crippen LogP contribution in [0.25, 0.3) is 0 Å². The Hall–Kier alpha value is -2.08. The topological polar surface area (TPSA) is 56.4 Å². The minimum atomic E-state index is 0.00113. The number of aromatic nitrogens is 1. The molecule has 3 rings (SSSR count). The van der Waals surface area contributed by atoms with E-state index in [0.29, 0.717) is 37.3 Å².